The summed E-state index contributed by atoms with van der Waals surface area (Å²) in [5.74, 6) is -11.2. The maximum atomic E-state index is 13.8. The lowest BCUT2D eigenvalue weighted by molar-refractivity contribution is -0.143. The molecule has 1 heterocycles. The molecule has 7 amide bonds. The van der Waals surface area contributed by atoms with E-state index in [1.807, 2.05) is 0 Å². The molecule has 64 heavy (non-hydrogen) atoms. The van der Waals surface area contributed by atoms with E-state index in [0.717, 1.165) is 5.56 Å². The Morgan fingerprint density at radius 3 is 1.88 bits per heavy atom. The second-order valence-corrected chi connectivity index (χ2v) is 15.9. The van der Waals surface area contributed by atoms with Crippen LogP contribution in [0.3, 0.4) is 0 Å². The van der Waals surface area contributed by atoms with Crippen LogP contribution in [0, 0.1) is 5.92 Å². The van der Waals surface area contributed by atoms with Gasteiger partial charge in [-0.25, -0.2) is 4.79 Å². The molecule has 2 aromatic carbocycles. The predicted octanol–water partition coefficient (Wildman–Crippen LogP) is -1.13. The van der Waals surface area contributed by atoms with Gasteiger partial charge in [0.15, 0.2) is 0 Å². The first-order valence-corrected chi connectivity index (χ1v) is 20.9. The third-order valence-electron chi connectivity index (χ3n) is 10.1. The van der Waals surface area contributed by atoms with E-state index in [-0.39, 0.29) is 63.8 Å². The summed E-state index contributed by atoms with van der Waals surface area (Å²) in [6.45, 7) is 3.50. The maximum Gasteiger partial charge on any atom is 0.326 e. The van der Waals surface area contributed by atoms with Crippen molar-refractivity contribution in [3.63, 3.8) is 0 Å². The SMILES string of the molecule is CC(C)C[C@@H]1NC(=O)[C@@H](NC(=O)[C@@H](N)Cc2ccccc2)CCC(=O)NCCCC[C@@H](C(=O)N[C@@H](CC(=O)O)C(=O)N[C@@H](Cc2ccccc2)C(=O)O)NC(=O)[C@H](CC(=O)O)NC1=O. The molecule has 0 aromatic heterocycles. The Morgan fingerprint density at radius 2 is 1.30 bits per heavy atom. The van der Waals surface area contributed by atoms with Gasteiger partial charge in [0.2, 0.25) is 41.4 Å². The van der Waals surface area contributed by atoms with E-state index in [1.165, 1.54) is 0 Å². The lowest BCUT2D eigenvalue weighted by Crippen LogP contribution is -2.60. The number of carboxylic acid groups (broad SMARTS) is 3. The quantitative estimate of drug-likeness (QED) is 0.0896. The van der Waals surface area contributed by atoms with Gasteiger partial charge in [-0.3, -0.25) is 43.2 Å². The van der Waals surface area contributed by atoms with Crippen molar-refractivity contribution in [1.82, 2.24) is 37.2 Å². The number of rotatable bonds is 17. The second-order valence-electron chi connectivity index (χ2n) is 15.9. The summed E-state index contributed by atoms with van der Waals surface area (Å²) < 4.78 is 0. The van der Waals surface area contributed by atoms with Crippen molar-refractivity contribution in [2.45, 2.75) is 120 Å². The Hall–Kier alpha value is -6.90. The topological polar surface area (TPSA) is 342 Å². The molecule has 12 N–H and O–H groups in total. The van der Waals surface area contributed by atoms with Crippen molar-refractivity contribution >= 4 is 59.3 Å². The minimum atomic E-state index is -1.84. The third-order valence-corrected chi connectivity index (χ3v) is 10.1. The van der Waals surface area contributed by atoms with E-state index in [1.54, 1.807) is 74.5 Å². The summed E-state index contributed by atoms with van der Waals surface area (Å²) in [6.07, 6.45) is -2.40. The summed E-state index contributed by atoms with van der Waals surface area (Å²) >= 11 is 0. The zero-order valence-electron chi connectivity index (χ0n) is 35.7. The van der Waals surface area contributed by atoms with E-state index >= 15 is 0 Å². The lowest BCUT2D eigenvalue weighted by atomic mass is 10.0. The van der Waals surface area contributed by atoms with Crippen molar-refractivity contribution < 1.29 is 63.3 Å². The minimum absolute atomic E-state index is 0.0280. The number of aliphatic carboxylic acids is 3. The highest BCUT2D eigenvalue weighted by molar-refractivity contribution is 5.98. The summed E-state index contributed by atoms with van der Waals surface area (Å²) in [6, 6.07) is 6.56. The molecule has 3 rings (SSSR count). The molecule has 1 aliphatic rings. The molecule has 0 spiro atoms. The largest absolute Gasteiger partial charge is 0.481 e. The van der Waals surface area contributed by atoms with E-state index in [0.29, 0.717) is 5.56 Å². The van der Waals surface area contributed by atoms with Gasteiger partial charge in [0.25, 0.3) is 0 Å². The number of hydrogen-bond donors (Lipinski definition) is 11. The van der Waals surface area contributed by atoms with Crippen LogP contribution < -0.4 is 43.0 Å². The van der Waals surface area contributed by atoms with E-state index in [4.69, 9.17) is 5.73 Å². The van der Waals surface area contributed by atoms with Crippen LogP contribution in [0.5, 0.6) is 0 Å². The number of carboxylic acids is 3. The van der Waals surface area contributed by atoms with Crippen LogP contribution in [0.4, 0.5) is 0 Å². The summed E-state index contributed by atoms with van der Waals surface area (Å²) in [4.78, 5) is 131. The van der Waals surface area contributed by atoms with Crippen LogP contribution in [0.2, 0.25) is 0 Å². The average molecular weight is 895 g/mol. The number of carbonyl (C=O) groups is 10. The molecule has 348 valence electrons. The highest BCUT2D eigenvalue weighted by atomic mass is 16.4. The molecule has 7 atom stereocenters. The number of nitrogens with one attached hydrogen (secondary N) is 7. The molecule has 1 saturated heterocycles. The smallest absolute Gasteiger partial charge is 0.326 e. The fourth-order valence-electron chi connectivity index (χ4n) is 6.72. The van der Waals surface area contributed by atoms with Gasteiger partial charge < -0.3 is 58.3 Å². The monoisotopic (exact) mass is 894 g/mol. The highest BCUT2D eigenvalue weighted by Crippen LogP contribution is 2.12. The predicted molar refractivity (Wildman–Crippen MR) is 228 cm³/mol. The van der Waals surface area contributed by atoms with Gasteiger partial charge >= 0.3 is 17.9 Å². The Labute approximate surface area is 369 Å². The molecule has 1 aliphatic heterocycles. The summed E-state index contributed by atoms with van der Waals surface area (Å²) in [5, 5.41) is 46.2. The van der Waals surface area contributed by atoms with Gasteiger partial charge in [-0.15, -0.1) is 0 Å². The molecule has 0 bridgehead atoms. The fourth-order valence-corrected chi connectivity index (χ4v) is 6.72. The van der Waals surface area contributed by atoms with Crippen molar-refractivity contribution in [1.29, 1.82) is 0 Å². The van der Waals surface area contributed by atoms with Crippen LogP contribution in [0.25, 0.3) is 0 Å². The molecule has 0 unspecified atom stereocenters. The van der Waals surface area contributed by atoms with Crippen molar-refractivity contribution in [2.75, 3.05) is 6.54 Å². The van der Waals surface area contributed by atoms with Crippen LogP contribution in [-0.4, -0.2) is 123 Å². The zero-order chi connectivity index (χ0) is 47.3. The standard InChI is InChI=1S/C43H58N8O13/c1-24(2)19-30-40(60)50-31(22-35(53)54)41(61)47-28(38(58)49-32(23-36(55)56)42(62)51-33(43(63)64)21-26-13-7-4-8-14-26)15-9-10-18-45-34(52)17-16-29(39(59)48-30)46-37(57)27(44)20-25-11-5-3-6-12-25/h3-8,11-14,24,27-33H,9-10,15-23,44H2,1-2H3,(H,45,52)(H,46,57)(H,47,61)(H,48,59)(H,49,58)(H,50,60)(H,51,62)(H,53,54)(H,55,56)(H,63,64)/t27-,28-,29-,30-,31-,32-,33-/m0/s1. The number of carbonyl (C=O) groups excluding carboxylic acids is 7. The van der Waals surface area contributed by atoms with Crippen molar-refractivity contribution in [3.05, 3.63) is 71.8 Å². The molecule has 21 heteroatoms. The minimum Gasteiger partial charge on any atom is -0.481 e. The van der Waals surface area contributed by atoms with Gasteiger partial charge in [0, 0.05) is 19.4 Å². The first kappa shape index (κ1) is 51.5. The third kappa shape index (κ3) is 18.2. The fraction of sp³-hybridized carbons (Fsp3) is 0.488. The van der Waals surface area contributed by atoms with Crippen LogP contribution in [-0.2, 0) is 60.8 Å². The van der Waals surface area contributed by atoms with Crippen LogP contribution in [0.15, 0.2) is 60.7 Å². The lowest BCUT2D eigenvalue weighted by Gasteiger charge is -2.28. The van der Waals surface area contributed by atoms with Gasteiger partial charge in [-0.1, -0.05) is 74.5 Å². The van der Waals surface area contributed by atoms with E-state index < -0.39 is 114 Å². The van der Waals surface area contributed by atoms with E-state index in [9.17, 15) is 63.3 Å². The maximum absolute atomic E-state index is 13.8. The Kier molecular flexibility index (Phi) is 20.8. The highest BCUT2D eigenvalue weighted by Gasteiger charge is 2.35. The molecule has 1 fully saturated rings. The zero-order valence-corrected chi connectivity index (χ0v) is 35.7. The second kappa shape index (κ2) is 25.9. The molecule has 0 aliphatic carbocycles. The Balaban J connectivity index is 1.88. The van der Waals surface area contributed by atoms with Gasteiger partial charge in [-0.2, -0.15) is 0 Å². The number of amides is 7. The molecule has 0 saturated carbocycles. The molecular formula is C43H58N8O13. The normalized spacial score (nSPS) is 20.6. The van der Waals surface area contributed by atoms with Crippen molar-refractivity contribution in [3.8, 4) is 0 Å². The van der Waals surface area contributed by atoms with Gasteiger partial charge in [-0.05, 0) is 55.6 Å². The molecule has 21 nitrogen and oxygen atoms in total. The van der Waals surface area contributed by atoms with Gasteiger partial charge in [0.05, 0.1) is 18.9 Å². The number of benzene rings is 2. The molecular weight excluding hydrogens is 837 g/mol. The first-order chi connectivity index (χ1) is 30.3. The Morgan fingerprint density at radius 1 is 0.703 bits per heavy atom. The molecule has 0 radical (unpaired) electrons. The van der Waals surface area contributed by atoms with Crippen LogP contribution >= 0.6 is 0 Å². The first-order valence-electron chi connectivity index (χ1n) is 20.9. The van der Waals surface area contributed by atoms with E-state index in [2.05, 4.69) is 37.2 Å². The van der Waals surface area contributed by atoms with Gasteiger partial charge in [0.1, 0.15) is 36.3 Å². The Bertz CT molecular complexity index is 1970. The summed E-state index contributed by atoms with van der Waals surface area (Å²) in [7, 11) is 0. The number of hydrogen-bond acceptors (Lipinski definition) is 11. The molecule has 2 aromatic rings. The van der Waals surface area contributed by atoms with Crippen LogP contribution in [0.1, 0.15) is 76.3 Å². The average Bonchev–Trinajstić information content (AvgIpc) is 3.23. The number of nitrogens with two attached hydrogens (primary N) is 1. The summed E-state index contributed by atoms with van der Waals surface area (Å²) in [5.41, 5.74) is 7.47. The van der Waals surface area contributed by atoms with Crippen molar-refractivity contribution in [2.24, 2.45) is 11.7 Å².